The third-order valence-electron chi connectivity index (χ3n) is 1.64. The minimum atomic E-state index is 0.387. The molecule has 5 heteroatoms. The summed E-state index contributed by atoms with van der Waals surface area (Å²) in [4.78, 5) is 3.85. The highest BCUT2D eigenvalue weighted by molar-refractivity contribution is 5.91. The smallest absolute Gasteiger partial charge is 0.134 e. The summed E-state index contributed by atoms with van der Waals surface area (Å²) in [5.74, 6) is 0.387. The Morgan fingerprint density at radius 3 is 3.08 bits per heavy atom. The van der Waals surface area contributed by atoms with Crippen LogP contribution in [0, 0.1) is 11.3 Å². The van der Waals surface area contributed by atoms with Crippen molar-refractivity contribution in [2.45, 2.75) is 0 Å². The molecule has 3 N–H and O–H groups in total. The summed E-state index contributed by atoms with van der Waals surface area (Å²) < 4.78 is 0. The van der Waals surface area contributed by atoms with Crippen LogP contribution < -0.4 is 5.73 Å². The lowest BCUT2D eigenvalue weighted by Gasteiger charge is -1.94. The van der Waals surface area contributed by atoms with E-state index in [1.807, 2.05) is 6.07 Å². The number of anilines is 1. The van der Waals surface area contributed by atoms with Crippen LogP contribution in [0.1, 0.15) is 5.56 Å². The molecule has 0 unspecified atom stereocenters. The monoisotopic (exact) mass is 159 g/mol. The first-order valence-electron chi connectivity index (χ1n) is 3.30. The van der Waals surface area contributed by atoms with Crippen LogP contribution in [0.3, 0.4) is 0 Å². The minimum Gasteiger partial charge on any atom is -0.383 e. The Morgan fingerprint density at radius 2 is 2.33 bits per heavy atom. The van der Waals surface area contributed by atoms with Gasteiger partial charge in [-0.3, -0.25) is 5.10 Å². The third kappa shape index (κ3) is 0.720. The first-order valence-corrected chi connectivity index (χ1v) is 3.30. The zero-order valence-electron chi connectivity index (χ0n) is 6.07. The average Bonchev–Trinajstić information content (AvgIpc) is 2.54. The van der Waals surface area contributed by atoms with Gasteiger partial charge in [0.05, 0.1) is 22.7 Å². The van der Waals surface area contributed by atoms with Gasteiger partial charge in [0.25, 0.3) is 0 Å². The van der Waals surface area contributed by atoms with E-state index in [0.29, 0.717) is 22.3 Å². The van der Waals surface area contributed by atoms with Crippen molar-refractivity contribution in [1.29, 1.82) is 5.26 Å². The predicted molar refractivity (Wildman–Crippen MR) is 43.0 cm³/mol. The molecule has 12 heavy (non-hydrogen) atoms. The van der Waals surface area contributed by atoms with Crippen LogP contribution in [-0.2, 0) is 0 Å². The van der Waals surface area contributed by atoms with Crippen molar-refractivity contribution < 1.29 is 0 Å². The van der Waals surface area contributed by atoms with E-state index in [9.17, 15) is 0 Å². The molecule has 0 radical (unpaired) electrons. The van der Waals surface area contributed by atoms with Crippen LogP contribution in [0.2, 0.25) is 0 Å². The second-order valence-electron chi connectivity index (χ2n) is 2.33. The highest BCUT2D eigenvalue weighted by Gasteiger charge is 2.05. The Bertz CT molecular complexity index is 464. The summed E-state index contributed by atoms with van der Waals surface area (Å²) in [5, 5.41) is 15.8. The van der Waals surface area contributed by atoms with Crippen molar-refractivity contribution >= 4 is 16.7 Å². The molecule has 5 nitrogen and oxygen atoms in total. The number of aromatic amines is 1. The first-order chi connectivity index (χ1) is 5.83. The van der Waals surface area contributed by atoms with Crippen molar-refractivity contribution in [3.63, 3.8) is 0 Å². The second kappa shape index (κ2) is 2.20. The molecular weight excluding hydrogens is 154 g/mol. The minimum absolute atomic E-state index is 0.387. The number of aromatic nitrogens is 3. The summed E-state index contributed by atoms with van der Waals surface area (Å²) >= 11 is 0. The van der Waals surface area contributed by atoms with Gasteiger partial charge in [0, 0.05) is 6.20 Å². The van der Waals surface area contributed by atoms with E-state index in [-0.39, 0.29) is 0 Å². The Hall–Kier alpha value is -2.09. The van der Waals surface area contributed by atoms with Gasteiger partial charge in [-0.2, -0.15) is 10.4 Å². The van der Waals surface area contributed by atoms with Crippen LogP contribution in [0.4, 0.5) is 5.82 Å². The Kier molecular flexibility index (Phi) is 1.21. The number of nitrogens with two attached hydrogens (primary N) is 1. The molecule has 0 amide bonds. The molecule has 0 bridgehead atoms. The molecule has 0 atom stereocenters. The van der Waals surface area contributed by atoms with E-state index in [1.54, 1.807) is 6.20 Å². The molecule has 58 valence electrons. The van der Waals surface area contributed by atoms with E-state index in [1.165, 1.54) is 6.20 Å². The number of nitrogens with one attached hydrogen (secondary N) is 1. The van der Waals surface area contributed by atoms with Gasteiger partial charge in [-0.15, -0.1) is 0 Å². The van der Waals surface area contributed by atoms with Crippen LogP contribution in [0.15, 0.2) is 12.4 Å². The van der Waals surface area contributed by atoms with E-state index < -0.39 is 0 Å². The van der Waals surface area contributed by atoms with E-state index >= 15 is 0 Å². The number of H-pyrrole nitrogens is 1. The fraction of sp³-hybridized carbons (Fsp3) is 0. The Labute approximate surface area is 67.8 Å². The van der Waals surface area contributed by atoms with Crippen molar-refractivity contribution in [3.8, 4) is 6.07 Å². The first kappa shape index (κ1) is 6.61. The molecule has 0 spiro atoms. The number of hydrogen-bond acceptors (Lipinski definition) is 4. The summed E-state index contributed by atoms with van der Waals surface area (Å²) in [5.41, 5.74) is 6.64. The van der Waals surface area contributed by atoms with Gasteiger partial charge in [0.2, 0.25) is 0 Å². The number of nitrogen functional groups attached to an aromatic ring is 1. The van der Waals surface area contributed by atoms with Gasteiger partial charge >= 0.3 is 0 Å². The average molecular weight is 159 g/mol. The lowest BCUT2D eigenvalue weighted by molar-refractivity contribution is 1.12. The lowest BCUT2D eigenvalue weighted by Crippen LogP contribution is -1.91. The van der Waals surface area contributed by atoms with Gasteiger partial charge in [0.15, 0.2) is 0 Å². The Balaban J connectivity index is 2.94. The van der Waals surface area contributed by atoms with E-state index in [2.05, 4.69) is 15.2 Å². The summed E-state index contributed by atoms with van der Waals surface area (Å²) in [6.07, 6.45) is 2.98. The van der Waals surface area contributed by atoms with E-state index in [4.69, 9.17) is 11.0 Å². The molecule has 2 rings (SSSR count). The van der Waals surface area contributed by atoms with Crippen LogP contribution in [-0.4, -0.2) is 15.2 Å². The molecule has 2 heterocycles. The normalized spacial score (nSPS) is 9.92. The number of hydrogen-bond donors (Lipinski definition) is 2. The molecule has 0 aromatic carbocycles. The van der Waals surface area contributed by atoms with Crippen molar-refractivity contribution in [1.82, 2.24) is 15.2 Å². The van der Waals surface area contributed by atoms with Gasteiger partial charge in [0.1, 0.15) is 11.9 Å². The Morgan fingerprint density at radius 1 is 1.50 bits per heavy atom. The van der Waals surface area contributed by atoms with Crippen molar-refractivity contribution in [2.24, 2.45) is 0 Å². The zero-order valence-corrected chi connectivity index (χ0v) is 6.07. The highest BCUT2D eigenvalue weighted by atomic mass is 15.1. The molecule has 2 aromatic rings. The maximum Gasteiger partial charge on any atom is 0.134 e. The van der Waals surface area contributed by atoms with Crippen LogP contribution in [0.25, 0.3) is 10.9 Å². The number of nitrogens with zero attached hydrogens (tertiary/aromatic N) is 3. The predicted octanol–water partition coefficient (Wildman–Crippen LogP) is 0.412. The topological polar surface area (TPSA) is 91.4 Å². The second-order valence-corrected chi connectivity index (χ2v) is 2.33. The van der Waals surface area contributed by atoms with Crippen LogP contribution >= 0.6 is 0 Å². The highest BCUT2D eigenvalue weighted by Crippen LogP contribution is 2.18. The van der Waals surface area contributed by atoms with Gasteiger partial charge < -0.3 is 5.73 Å². The largest absolute Gasteiger partial charge is 0.383 e. The van der Waals surface area contributed by atoms with Crippen molar-refractivity contribution in [3.05, 3.63) is 18.0 Å². The molecular formula is C7H5N5. The SMILES string of the molecule is N#Cc1cnc(N)c2cn[nH]c12. The molecule has 0 saturated carbocycles. The molecule has 2 aromatic heterocycles. The molecule has 0 aliphatic rings. The number of pyridine rings is 1. The van der Waals surface area contributed by atoms with E-state index in [0.717, 1.165) is 0 Å². The maximum atomic E-state index is 8.67. The standard InChI is InChI=1S/C7H5N5/c8-1-4-2-10-7(9)5-3-11-12-6(4)5/h2-3H,(H2,9,10)(H,11,12). The van der Waals surface area contributed by atoms with Crippen molar-refractivity contribution in [2.75, 3.05) is 5.73 Å². The molecule has 0 fully saturated rings. The summed E-state index contributed by atoms with van der Waals surface area (Å²) in [6, 6.07) is 1.99. The lowest BCUT2D eigenvalue weighted by atomic mass is 10.2. The molecule has 0 aliphatic carbocycles. The summed E-state index contributed by atoms with van der Waals surface area (Å²) in [7, 11) is 0. The number of fused-ring (bicyclic) bond motifs is 1. The fourth-order valence-electron chi connectivity index (χ4n) is 1.04. The van der Waals surface area contributed by atoms with Gasteiger partial charge in [-0.05, 0) is 0 Å². The zero-order chi connectivity index (χ0) is 8.55. The molecule has 0 aliphatic heterocycles. The van der Waals surface area contributed by atoms with Gasteiger partial charge in [-0.25, -0.2) is 4.98 Å². The molecule has 0 saturated heterocycles. The summed E-state index contributed by atoms with van der Waals surface area (Å²) in [6.45, 7) is 0. The quantitative estimate of drug-likeness (QED) is 0.582. The maximum absolute atomic E-state index is 8.67. The fourth-order valence-corrected chi connectivity index (χ4v) is 1.04. The van der Waals surface area contributed by atoms with Crippen LogP contribution in [0.5, 0.6) is 0 Å². The van der Waals surface area contributed by atoms with Gasteiger partial charge in [-0.1, -0.05) is 0 Å². The number of nitriles is 1. The third-order valence-corrected chi connectivity index (χ3v) is 1.64. The number of rotatable bonds is 0.